The largest absolute Gasteiger partial charge is 0.489 e. The number of anilines is 1. The van der Waals surface area contributed by atoms with Crippen molar-refractivity contribution in [1.29, 1.82) is 0 Å². The number of amides is 2. The molecule has 2 aliphatic heterocycles. The lowest BCUT2D eigenvalue weighted by molar-refractivity contribution is -0.140. The van der Waals surface area contributed by atoms with Crippen molar-refractivity contribution in [3.63, 3.8) is 0 Å². The third kappa shape index (κ3) is 5.26. The van der Waals surface area contributed by atoms with Crippen molar-refractivity contribution in [3.8, 4) is 5.75 Å². The summed E-state index contributed by atoms with van der Waals surface area (Å²) < 4.78 is 19.7. The first-order chi connectivity index (χ1) is 14.9. The first-order valence-electron chi connectivity index (χ1n) is 11.4. The van der Waals surface area contributed by atoms with Crippen LogP contribution in [0.15, 0.2) is 30.4 Å². The number of rotatable bonds is 7. The maximum Gasteiger partial charge on any atom is 0.233 e. The molecule has 1 aliphatic carbocycles. The third-order valence-electron chi connectivity index (χ3n) is 6.45. The van der Waals surface area contributed by atoms with Crippen LogP contribution < -0.4 is 9.64 Å². The SMILES string of the molecule is CC(C)Oc1ccc(F)cc1N1CCN(CCCN2C(=O)C3CC=CCC3C2=O)CC1.Cl. The summed E-state index contributed by atoms with van der Waals surface area (Å²) in [6, 6.07) is 4.69. The Balaban J connectivity index is 0.00000289. The van der Waals surface area contributed by atoms with Gasteiger partial charge >= 0.3 is 0 Å². The number of benzene rings is 1. The summed E-state index contributed by atoms with van der Waals surface area (Å²) in [4.78, 5) is 31.2. The van der Waals surface area contributed by atoms with Gasteiger partial charge in [0.15, 0.2) is 0 Å². The van der Waals surface area contributed by atoms with Crippen LogP contribution in [0.4, 0.5) is 10.1 Å². The Morgan fingerprint density at radius 1 is 1.00 bits per heavy atom. The lowest BCUT2D eigenvalue weighted by atomic mass is 9.85. The van der Waals surface area contributed by atoms with E-state index in [4.69, 9.17) is 4.74 Å². The Morgan fingerprint density at radius 2 is 1.62 bits per heavy atom. The molecule has 176 valence electrons. The Morgan fingerprint density at radius 3 is 2.22 bits per heavy atom. The number of halogens is 2. The maximum absolute atomic E-state index is 13.8. The highest BCUT2D eigenvalue weighted by molar-refractivity contribution is 6.05. The molecule has 0 radical (unpaired) electrons. The Labute approximate surface area is 195 Å². The Hall–Kier alpha value is -2.12. The summed E-state index contributed by atoms with van der Waals surface area (Å²) in [5, 5.41) is 0. The van der Waals surface area contributed by atoms with Crippen LogP contribution in [0.25, 0.3) is 0 Å². The molecule has 4 rings (SSSR count). The highest BCUT2D eigenvalue weighted by Gasteiger charge is 2.46. The van der Waals surface area contributed by atoms with Crippen LogP contribution in [0.2, 0.25) is 0 Å². The zero-order valence-electron chi connectivity index (χ0n) is 18.8. The van der Waals surface area contributed by atoms with Crippen LogP contribution in [-0.2, 0) is 9.59 Å². The summed E-state index contributed by atoms with van der Waals surface area (Å²) in [7, 11) is 0. The minimum Gasteiger partial charge on any atom is -0.489 e. The predicted octanol–water partition coefficient (Wildman–Crippen LogP) is 3.50. The Kier molecular flexibility index (Phi) is 8.17. The van der Waals surface area contributed by atoms with Gasteiger partial charge in [0.2, 0.25) is 11.8 Å². The molecular formula is C24H33ClFN3O3. The lowest BCUT2D eigenvalue weighted by Gasteiger charge is -2.37. The molecule has 2 heterocycles. The number of hydrogen-bond acceptors (Lipinski definition) is 5. The molecule has 1 aromatic rings. The van der Waals surface area contributed by atoms with Crippen LogP contribution in [0.1, 0.15) is 33.1 Å². The monoisotopic (exact) mass is 465 g/mol. The van der Waals surface area contributed by atoms with E-state index in [2.05, 4.69) is 9.80 Å². The van der Waals surface area contributed by atoms with E-state index in [0.29, 0.717) is 25.1 Å². The second-order valence-electron chi connectivity index (χ2n) is 8.94. The van der Waals surface area contributed by atoms with Crippen molar-refractivity contribution >= 4 is 29.9 Å². The fourth-order valence-electron chi connectivity index (χ4n) is 4.85. The predicted molar refractivity (Wildman–Crippen MR) is 125 cm³/mol. The van der Waals surface area contributed by atoms with E-state index in [1.165, 1.54) is 11.0 Å². The first-order valence-corrected chi connectivity index (χ1v) is 11.4. The standard InChI is InChI=1S/C24H32FN3O3.ClH/c1-17(2)31-22-9-8-18(25)16-21(22)27-14-12-26(13-15-27)10-5-11-28-23(29)19-6-3-4-7-20(19)24(28)30;/h3-4,8-9,16-17,19-20H,5-7,10-15H2,1-2H3;1H. The molecule has 0 aromatic heterocycles. The number of ether oxygens (including phenoxy) is 1. The molecular weight excluding hydrogens is 433 g/mol. The van der Waals surface area contributed by atoms with Crippen molar-refractivity contribution in [2.24, 2.45) is 11.8 Å². The van der Waals surface area contributed by atoms with Crippen LogP contribution in [-0.4, -0.2) is 67.0 Å². The normalized spacial score (nSPS) is 23.5. The third-order valence-corrected chi connectivity index (χ3v) is 6.45. The number of hydrogen-bond donors (Lipinski definition) is 0. The molecule has 2 saturated heterocycles. The van der Waals surface area contributed by atoms with Crippen LogP contribution in [0.5, 0.6) is 5.75 Å². The maximum atomic E-state index is 13.8. The smallest absolute Gasteiger partial charge is 0.233 e. The molecule has 0 bridgehead atoms. The van der Waals surface area contributed by atoms with E-state index < -0.39 is 0 Å². The van der Waals surface area contributed by atoms with Crippen LogP contribution in [0.3, 0.4) is 0 Å². The van der Waals surface area contributed by atoms with Crippen molar-refractivity contribution < 1.29 is 18.7 Å². The van der Waals surface area contributed by atoms with Crippen molar-refractivity contribution in [1.82, 2.24) is 9.80 Å². The average molecular weight is 466 g/mol. The fraction of sp³-hybridized carbons (Fsp3) is 0.583. The highest BCUT2D eigenvalue weighted by atomic mass is 35.5. The molecule has 3 aliphatic rings. The number of nitrogens with zero attached hydrogens (tertiary/aromatic N) is 3. The average Bonchev–Trinajstić information content (AvgIpc) is 3.00. The quantitative estimate of drug-likeness (QED) is 0.455. The van der Waals surface area contributed by atoms with Gasteiger partial charge in [-0.25, -0.2) is 4.39 Å². The van der Waals surface area contributed by atoms with Gasteiger partial charge in [0.05, 0.1) is 23.6 Å². The van der Waals surface area contributed by atoms with Crippen molar-refractivity contribution in [2.75, 3.05) is 44.2 Å². The molecule has 6 nitrogen and oxygen atoms in total. The fourth-order valence-corrected chi connectivity index (χ4v) is 4.85. The van der Waals surface area contributed by atoms with Crippen molar-refractivity contribution in [3.05, 3.63) is 36.2 Å². The highest BCUT2D eigenvalue weighted by Crippen LogP contribution is 2.35. The molecule has 2 amide bonds. The second kappa shape index (κ2) is 10.7. The first kappa shape index (κ1) is 24.5. The van der Waals surface area contributed by atoms with Gasteiger partial charge in [-0.3, -0.25) is 19.4 Å². The van der Waals surface area contributed by atoms with Gasteiger partial charge in [-0.1, -0.05) is 12.2 Å². The molecule has 2 atom stereocenters. The zero-order chi connectivity index (χ0) is 22.0. The number of carbonyl (C=O) groups is 2. The number of imide groups is 1. The molecule has 2 fully saturated rings. The second-order valence-corrected chi connectivity index (χ2v) is 8.94. The van der Waals surface area contributed by atoms with Gasteiger partial charge in [-0.2, -0.15) is 0 Å². The van der Waals surface area contributed by atoms with E-state index in [1.807, 2.05) is 26.0 Å². The van der Waals surface area contributed by atoms with Gasteiger partial charge in [0.25, 0.3) is 0 Å². The van der Waals surface area contributed by atoms with Crippen molar-refractivity contribution in [2.45, 2.75) is 39.2 Å². The molecule has 0 saturated carbocycles. The molecule has 1 aromatic carbocycles. The summed E-state index contributed by atoms with van der Waals surface area (Å²) in [5.41, 5.74) is 0.804. The number of carbonyl (C=O) groups excluding carboxylic acids is 2. The zero-order valence-corrected chi connectivity index (χ0v) is 19.7. The van der Waals surface area contributed by atoms with E-state index >= 15 is 0 Å². The minimum atomic E-state index is -0.260. The lowest BCUT2D eigenvalue weighted by Crippen LogP contribution is -2.47. The van der Waals surface area contributed by atoms with Crippen LogP contribution in [0, 0.1) is 17.7 Å². The summed E-state index contributed by atoms with van der Waals surface area (Å²) >= 11 is 0. The summed E-state index contributed by atoms with van der Waals surface area (Å²) in [6.07, 6.45) is 6.23. The molecule has 32 heavy (non-hydrogen) atoms. The number of allylic oxidation sites excluding steroid dienone is 2. The molecule has 0 spiro atoms. The summed E-state index contributed by atoms with van der Waals surface area (Å²) in [6.45, 7) is 8.56. The Bertz CT molecular complexity index is 829. The van der Waals surface area contributed by atoms with Gasteiger partial charge < -0.3 is 9.64 Å². The molecule has 8 heteroatoms. The van der Waals surface area contributed by atoms with Gasteiger partial charge in [0.1, 0.15) is 11.6 Å². The minimum absolute atomic E-state index is 0. The number of fused-ring (bicyclic) bond motifs is 1. The van der Waals surface area contributed by atoms with E-state index in [9.17, 15) is 14.0 Å². The van der Waals surface area contributed by atoms with Gasteiger partial charge in [-0.05, 0) is 51.8 Å². The topological polar surface area (TPSA) is 53.1 Å². The number of likely N-dealkylation sites (tertiary alicyclic amines) is 1. The van der Waals surface area contributed by atoms with E-state index in [-0.39, 0.29) is 48.0 Å². The molecule has 0 N–H and O–H groups in total. The number of piperazine rings is 1. The van der Waals surface area contributed by atoms with E-state index in [0.717, 1.165) is 44.8 Å². The molecule has 2 unspecified atom stereocenters. The van der Waals surface area contributed by atoms with Gasteiger partial charge in [0, 0.05) is 38.8 Å². The summed E-state index contributed by atoms with van der Waals surface area (Å²) in [5.74, 6) is 0.182. The van der Waals surface area contributed by atoms with Gasteiger partial charge in [-0.15, -0.1) is 12.4 Å². The van der Waals surface area contributed by atoms with E-state index in [1.54, 1.807) is 12.1 Å². The van der Waals surface area contributed by atoms with Crippen LogP contribution >= 0.6 is 12.4 Å².